The summed E-state index contributed by atoms with van der Waals surface area (Å²) in [5.41, 5.74) is 3.94. The minimum absolute atomic E-state index is 0.00531. The van der Waals surface area contributed by atoms with Crippen LogP contribution < -0.4 is 0 Å². The molecule has 0 radical (unpaired) electrons. The summed E-state index contributed by atoms with van der Waals surface area (Å²) in [6.45, 7) is 13.5. The molecule has 0 aromatic rings. The van der Waals surface area contributed by atoms with Gasteiger partial charge in [0.1, 0.15) is 0 Å². The van der Waals surface area contributed by atoms with E-state index in [2.05, 4.69) is 52.1 Å². The lowest BCUT2D eigenvalue weighted by atomic mass is 10.2. The van der Waals surface area contributed by atoms with E-state index in [1.165, 1.54) is 11.7 Å². The van der Waals surface area contributed by atoms with Crippen molar-refractivity contribution >= 4 is 9.52 Å². The third-order valence-corrected chi connectivity index (χ3v) is 4.15. The SMILES string of the molecule is CC(C)=C[SiH2]CN(C(C)C)C(C)C. The molecule has 1 nitrogen and oxygen atoms in total. The summed E-state index contributed by atoms with van der Waals surface area (Å²) in [6, 6.07) is 1.39. The van der Waals surface area contributed by atoms with Crippen LogP contribution in [0.5, 0.6) is 0 Å². The highest BCUT2D eigenvalue weighted by Gasteiger charge is 2.11. The van der Waals surface area contributed by atoms with E-state index in [0.717, 1.165) is 0 Å². The van der Waals surface area contributed by atoms with Crippen molar-refractivity contribution in [2.24, 2.45) is 0 Å². The Morgan fingerprint density at radius 3 is 1.92 bits per heavy atom. The van der Waals surface area contributed by atoms with Gasteiger partial charge in [0.15, 0.2) is 0 Å². The molecule has 0 bridgehead atoms. The van der Waals surface area contributed by atoms with Crippen molar-refractivity contribution in [3.05, 3.63) is 11.3 Å². The fourth-order valence-electron chi connectivity index (χ4n) is 1.61. The fraction of sp³-hybridized carbons (Fsp3) is 0.818. The second-order valence-electron chi connectivity index (χ2n) is 4.50. The Labute approximate surface area is 86.0 Å². The summed E-state index contributed by atoms with van der Waals surface area (Å²) in [4.78, 5) is 2.59. The normalized spacial score (nSPS) is 12.4. The minimum atomic E-state index is -0.00531. The first-order valence-corrected chi connectivity index (χ1v) is 7.16. The zero-order valence-electron chi connectivity index (χ0n) is 10.1. The first-order chi connectivity index (χ1) is 5.95. The highest BCUT2D eigenvalue weighted by atomic mass is 28.2. The van der Waals surface area contributed by atoms with Gasteiger partial charge in [-0.15, -0.1) is 5.70 Å². The molecular weight excluding hydrogens is 174 g/mol. The van der Waals surface area contributed by atoms with E-state index in [1.807, 2.05) is 0 Å². The largest absolute Gasteiger partial charge is 0.302 e. The molecule has 0 aliphatic carbocycles. The zero-order valence-corrected chi connectivity index (χ0v) is 11.5. The van der Waals surface area contributed by atoms with Crippen molar-refractivity contribution in [1.29, 1.82) is 0 Å². The molecule has 2 heteroatoms. The Bertz CT molecular complexity index is 149. The van der Waals surface area contributed by atoms with Crippen molar-refractivity contribution in [3.63, 3.8) is 0 Å². The standard InChI is InChI=1S/C11H25NSi/c1-9(2)7-13-8-12(10(3)4)11(5)6/h7,10-11H,8,13H2,1-6H3. The monoisotopic (exact) mass is 199 g/mol. The van der Waals surface area contributed by atoms with Crippen LogP contribution in [0.15, 0.2) is 11.3 Å². The molecule has 0 saturated carbocycles. The Morgan fingerprint density at radius 2 is 1.62 bits per heavy atom. The smallest absolute Gasteiger partial charge is 0.0612 e. The van der Waals surface area contributed by atoms with Crippen molar-refractivity contribution < 1.29 is 0 Å². The molecule has 0 spiro atoms. The van der Waals surface area contributed by atoms with Gasteiger partial charge < -0.3 is 4.90 Å². The van der Waals surface area contributed by atoms with E-state index in [1.54, 1.807) is 0 Å². The third kappa shape index (κ3) is 6.05. The zero-order chi connectivity index (χ0) is 10.4. The number of hydrogen-bond acceptors (Lipinski definition) is 1. The molecule has 0 saturated heterocycles. The van der Waals surface area contributed by atoms with Crippen molar-refractivity contribution in [3.8, 4) is 0 Å². The Balaban J connectivity index is 3.91. The fourth-order valence-corrected chi connectivity index (χ4v) is 3.65. The van der Waals surface area contributed by atoms with E-state index < -0.39 is 0 Å². The molecule has 78 valence electrons. The lowest BCUT2D eigenvalue weighted by molar-refractivity contribution is 0.207. The maximum Gasteiger partial charge on any atom is 0.0612 e. The quantitative estimate of drug-likeness (QED) is 0.613. The van der Waals surface area contributed by atoms with Gasteiger partial charge >= 0.3 is 0 Å². The second kappa shape index (κ2) is 6.38. The molecule has 0 aromatic carbocycles. The summed E-state index contributed by atoms with van der Waals surface area (Å²) in [7, 11) is -0.00531. The Morgan fingerprint density at radius 1 is 1.15 bits per heavy atom. The number of nitrogens with zero attached hydrogens (tertiary/aromatic N) is 1. The molecule has 0 amide bonds. The molecule has 0 aromatic heterocycles. The van der Waals surface area contributed by atoms with E-state index in [-0.39, 0.29) is 9.52 Å². The number of allylic oxidation sites excluding steroid dienone is 1. The van der Waals surface area contributed by atoms with Gasteiger partial charge in [0.2, 0.25) is 0 Å². The summed E-state index contributed by atoms with van der Waals surface area (Å²) in [5.74, 6) is 0. The van der Waals surface area contributed by atoms with Gasteiger partial charge in [-0.3, -0.25) is 0 Å². The molecule has 0 atom stereocenters. The van der Waals surface area contributed by atoms with Crippen molar-refractivity contribution in [2.75, 3.05) is 6.17 Å². The molecule has 0 aliphatic rings. The molecule has 0 fully saturated rings. The van der Waals surface area contributed by atoms with Crippen LogP contribution in [0.25, 0.3) is 0 Å². The van der Waals surface area contributed by atoms with Crippen molar-refractivity contribution in [2.45, 2.75) is 53.6 Å². The highest BCUT2D eigenvalue weighted by Crippen LogP contribution is 2.03. The lowest BCUT2D eigenvalue weighted by Gasteiger charge is -2.30. The highest BCUT2D eigenvalue weighted by molar-refractivity contribution is 6.42. The summed E-state index contributed by atoms with van der Waals surface area (Å²) < 4.78 is 0. The van der Waals surface area contributed by atoms with Gasteiger partial charge in [-0.1, -0.05) is 5.57 Å². The van der Waals surface area contributed by atoms with Crippen LogP contribution in [0.2, 0.25) is 0 Å². The topological polar surface area (TPSA) is 3.24 Å². The van der Waals surface area contributed by atoms with E-state index in [9.17, 15) is 0 Å². The average molecular weight is 199 g/mol. The molecule has 0 N–H and O–H groups in total. The van der Waals surface area contributed by atoms with Crippen LogP contribution >= 0.6 is 0 Å². The van der Waals surface area contributed by atoms with Gasteiger partial charge in [0.05, 0.1) is 9.52 Å². The molecule has 13 heavy (non-hydrogen) atoms. The van der Waals surface area contributed by atoms with Gasteiger partial charge in [0, 0.05) is 12.1 Å². The maximum absolute atomic E-state index is 2.59. The predicted octanol–water partition coefficient (Wildman–Crippen LogP) is 2.16. The molecule has 0 rings (SSSR count). The predicted molar refractivity (Wildman–Crippen MR) is 65.0 cm³/mol. The maximum atomic E-state index is 2.59. The van der Waals surface area contributed by atoms with Gasteiger partial charge in [0.25, 0.3) is 0 Å². The van der Waals surface area contributed by atoms with Gasteiger partial charge in [-0.2, -0.15) is 0 Å². The summed E-state index contributed by atoms with van der Waals surface area (Å²) in [6.07, 6.45) is 1.32. The van der Waals surface area contributed by atoms with Crippen molar-refractivity contribution in [1.82, 2.24) is 4.90 Å². The Hall–Kier alpha value is -0.0831. The molecule has 0 heterocycles. The van der Waals surface area contributed by atoms with E-state index >= 15 is 0 Å². The van der Waals surface area contributed by atoms with Gasteiger partial charge in [-0.05, 0) is 47.7 Å². The van der Waals surface area contributed by atoms with Crippen LogP contribution in [0.4, 0.5) is 0 Å². The van der Waals surface area contributed by atoms with Crippen LogP contribution in [0.3, 0.4) is 0 Å². The Kier molecular flexibility index (Phi) is 6.34. The lowest BCUT2D eigenvalue weighted by Crippen LogP contribution is -2.39. The third-order valence-electron chi connectivity index (χ3n) is 2.27. The van der Waals surface area contributed by atoms with E-state index in [0.29, 0.717) is 12.1 Å². The van der Waals surface area contributed by atoms with Crippen LogP contribution in [-0.2, 0) is 0 Å². The minimum Gasteiger partial charge on any atom is -0.302 e. The molecule has 0 aliphatic heterocycles. The van der Waals surface area contributed by atoms with Crippen LogP contribution in [-0.4, -0.2) is 32.7 Å². The van der Waals surface area contributed by atoms with Gasteiger partial charge in [-0.25, -0.2) is 0 Å². The molecular formula is C11H25NSi. The first kappa shape index (κ1) is 12.9. The summed E-state index contributed by atoms with van der Waals surface area (Å²) >= 11 is 0. The van der Waals surface area contributed by atoms with Crippen LogP contribution in [0.1, 0.15) is 41.5 Å². The average Bonchev–Trinajstić information content (AvgIpc) is 1.95. The number of hydrogen-bond donors (Lipinski definition) is 0. The van der Waals surface area contributed by atoms with E-state index in [4.69, 9.17) is 0 Å². The second-order valence-corrected chi connectivity index (χ2v) is 5.93. The molecule has 0 unspecified atom stereocenters. The van der Waals surface area contributed by atoms with Crippen LogP contribution in [0, 0.1) is 0 Å². The number of rotatable bonds is 5. The first-order valence-electron chi connectivity index (χ1n) is 5.34. The summed E-state index contributed by atoms with van der Waals surface area (Å²) in [5, 5.41) is 0.